The summed E-state index contributed by atoms with van der Waals surface area (Å²) in [7, 11) is 0. The Morgan fingerprint density at radius 2 is 1.66 bits per heavy atom. The van der Waals surface area contributed by atoms with E-state index in [-0.39, 0.29) is 24.8 Å². The highest BCUT2D eigenvalue weighted by Crippen LogP contribution is 2.53. The summed E-state index contributed by atoms with van der Waals surface area (Å²) in [5.74, 6) is -0.226. The molecule has 1 saturated carbocycles. The molecule has 1 aliphatic heterocycles. The first kappa shape index (κ1) is 25.8. The zero-order valence-corrected chi connectivity index (χ0v) is 18.8. The predicted octanol–water partition coefficient (Wildman–Crippen LogP) is 3.04. The first-order chi connectivity index (χ1) is 16.5. The zero-order valence-electron chi connectivity index (χ0n) is 18.8. The highest BCUT2D eigenvalue weighted by Gasteiger charge is 2.58. The number of alkyl halides is 3. The van der Waals surface area contributed by atoms with Gasteiger partial charge < -0.3 is 29.9 Å². The van der Waals surface area contributed by atoms with E-state index >= 15 is 0 Å². The highest BCUT2D eigenvalue weighted by atomic mass is 19.4. The lowest BCUT2D eigenvalue weighted by atomic mass is 9.69. The predicted molar refractivity (Wildman–Crippen MR) is 116 cm³/mol. The van der Waals surface area contributed by atoms with Gasteiger partial charge in [-0.3, -0.25) is 0 Å². The van der Waals surface area contributed by atoms with Gasteiger partial charge in [-0.2, -0.15) is 13.2 Å². The molecule has 0 radical (unpaired) electrons. The van der Waals surface area contributed by atoms with Crippen molar-refractivity contribution < 1.29 is 47.5 Å². The number of hydrogen-bond donors (Lipinski definition) is 4. The van der Waals surface area contributed by atoms with Gasteiger partial charge in [0.1, 0.15) is 48.7 Å². The van der Waals surface area contributed by atoms with Crippen molar-refractivity contribution in [3.63, 3.8) is 0 Å². The zero-order chi connectivity index (χ0) is 25.4. The van der Waals surface area contributed by atoms with Crippen molar-refractivity contribution in [2.45, 2.75) is 62.4 Å². The van der Waals surface area contributed by atoms with Gasteiger partial charge in [0.05, 0.1) is 12.0 Å². The van der Waals surface area contributed by atoms with E-state index in [0.29, 0.717) is 23.3 Å². The number of ether oxygens (including phenoxy) is 2. The Kier molecular flexibility index (Phi) is 7.40. The molecule has 0 amide bonds. The van der Waals surface area contributed by atoms with Crippen LogP contribution in [0.2, 0.25) is 0 Å². The average Bonchev–Trinajstić information content (AvgIpc) is 2.79. The van der Waals surface area contributed by atoms with Gasteiger partial charge in [0.25, 0.3) is 0 Å². The van der Waals surface area contributed by atoms with Gasteiger partial charge in [-0.25, -0.2) is 4.39 Å². The molecule has 10 heteroatoms. The quantitative estimate of drug-likeness (QED) is 0.437. The SMILES string of the molecule is OCC1OC(c2ccc(F)c(Cc3ccc(OCC4(C(F)(F)F)CCC4)cc3)c2)C(O)C(O)C1O. The second kappa shape index (κ2) is 10.0. The molecule has 4 N–H and O–H groups in total. The molecule has 1 heterocycles. The summed E-state index contributed by atoms with van der Waals surface area (Å²) < 4.78 is 65.4. The van der Waals surface area contributed by atoms with E-state index in [1.165, 1.54) is 30.3 Å². The maximum atomic E-state index is 14.5. The summed E-state index contributed by atoms with van der Waals surface area (Å²) in [4.78, 5) is 0. The first-order valence-corrected chi connectivity index (χ1v) is 11.4. The summed E-state index contributed by atoms with van der Waals surface area (Å²) in [6, 6.07) is 10.4. The smallest absolute Gasteiger partial charge is 0.397 e. The minimum Gasteiger partial charge on any atom is -0.493 e. The fourth-order valence-corrected chi connectivity index (χ4v) is 4.54. The molecule has 0 aromatic heterocycles. The minimum atomic E-state index is -4.31. The van der Waals surface area contributed by atoms with Crippen LogP contribution in [0, 0.1) is 11.2 Å². The summed E-state index contributed by atoms with van der Waals surface area (Å²) >= 11 is 0. The topological polar surface area (TPSA) is 99.4 Å². The molecular weight excluding hydrogens is 472 g/mol. The maximum absolute atomic E-state index is 14.5. The van der Waals surface area contributed by atoms with Crippen molar-refractivity contribution in [1.29, 1.82) is 0 Å². The molecule has 2 aliphatic rings. The largest absolute Gasteiger partial charge is 0.493 e. The monoisotopic (exact) mass is 500 g/mol. The number of aliphatic hydroxyl groups excluding tert-OH is 4. The van der Waals surface area contributed by atoms with E-state index in [9.17, 15) is 38.0 Å². The molecule has 2 fully saturated rings. The summed E-state index contributed by atoms with van der Waals surface area (Å²) in [5.41, 5.74) is -0.495. The number of aliphatic hydroxyl groups is 4. The number of rotatable bonds is 7. The molecule has 2 aromatic carbocycles. The van der Waals surface area contributed by atoms with Gasteiger partial charge in [0.2, 0.25) is 0 Å². The van der Waals surface area contributed by atoms with Gasteiger partial charge in [-0.15, -0.1) is 0 Å². The van der Waals surface area contributed by atoms with E-state index < -0.39 is 61.1 Å². The van der Waals surface area contributed by atoms with Crippen molar-refractivity contribution in [2.24, 2.45) is 5.41 Å². The van der Waals surface area contributed by atoms with Crippen molar-refractivity contribution in [1.82, 2.24) is 0 Å². The highest BCUT2D eigenvalue weighted by molar-refractivity contribution is 5.35. The van der Waals surface area contributed by atoms with Crippen LogP contribution in [-0.4, -0.2) is 64.2 Å². The molecule has 0 spiro atoms. The van der Waals surface area contributed by atoms with Crippen LogP contribution in [-0.2, 0) is 11.2 Å². The second-order valence-electron chi connectivity index (χ2n) is 9.34. The van der Waals surface area contributed by atoms with Crippen LogP contribution < -0.4 is 4.74 Å². The van der Waals surface area contributed by atoms with Gasteiger partial charge in [-0.1, -0.05) is 24.6 Å². The Bertz CT molecular complexity index is 1010. The van der Waals surface area contributed by atoms with Crippen LogP contribution in [0.5, 0.6) is 5.75 Å². The Labute approximate surface area is 199 Å². The van der Waals surface area contributed by atoms with E-state index in [2.05, 4.69) is 0 Å². The Morgan fingerprint density at radius 1 is 0.971 bits per heavy atom. The van der Waals surface area contributed by atoms with Crippen LogP contribution >= 0.6 is 0 Å². The van der Waals surface area contributed by atoms with Crippen LogP contribution in [0.4, 0.5) is 17.6 Å². The van der Waals surface area contributed by atoms with Gasteiger partial charge in [-0.05, 0) is 53.8 Å². The first-order valence-electron chi connectivity index (χ1n) is 11.4. The molecule has 192 valence electrons. The van der Waals surface area contributed by atoms with Gasteiger partial charge in [0.15, 0.2) is 0 Å². The Morgan fingerprint density at radius 3 is 2.23 bits per heavy atom. The van der Waals surface area contributed by atoms with E-state index in [0.717, 1.165) is 0 Å². The summed E-state index contributed by atoms with van der Waals surface area (Å²) in [5, 5.41) is 39.7. The molecule has 5 unspecified atom stereocenters. The van der Waals surface area contributed by atoms with Crippen molar-refractivity contribution in [2.75, 3.05) is 13.2 Å². The standard InChI is InChI=1S/C25H28F4O6/c26-18-7-4-15(23-22(33)21(32)20(31)19(12-30)35-23)11-16(18)10-14-2-5-17(6-3-14)34-13-24(8-1-9-24)25(27,28)29/h2-7,11,19-23,30-33H,1,8-10,12-13H2. The third-order valence-electron chi connectivity index (χ3n) is 7.04. The second-order valence-corrected chi connectivity index (χ2v) is 9.34. The van der Waals surface area contributed by atoms with Crippen molar-refractivity contribution in [3.05, 3.63) is 65.0 Å². The summed E-state index contributed by atoms with van der Waals surface area (Å²) in [6.45, 7) is -1.01. The lowest BCUT2D eigenvalue weighted by Crippen LogP contribution is -2.55. The Balaban J connectivity index is 1.44. The molecular formula is C25H28F4O6. The molecule has 1 aliphatic carbocycles. The van der Waals surface area contributed by atoms with Crippen LogP contribution in [0.1, 0.15) is 42.1 Å². The summed E-state index contributed by atoms with van der Waals surface area (Å²) in [6.07, 6.45) is -10.3. The normalized spacial score (nSPS) is 28.4. The molecule has 35 heavy (non-hydrogen) atoms. The fraction of sp³-hybridized carbons (Fsp3) is 0.520. The molecule has 0 bridgehead atoms. The van der Waals surface area contributed by atoms with E-state index in [1.54, 1.807) is 12.1 Å². The van der Waals surface area contributed by atoms with Gasteiger partial charge in [0, 0.05) is 6.42 Å². The number of halogens is 4. The third kappa shape index (κ3) is 5.17. The number of benzene rings is 2. The van der Waals surface area contributed by atoms with Crippen LogP contribution in [0.15, 0.2) is 42.5 Å². The lowest BCUT2D eigenvalue weighted by molar-refractivity contribution is -0.259. The fourth-order valence-electron chi connectivity index (χ4n) is 4.54. The van der Waals surface area contributed by atoms with E-state index in [4.69, 9.17) is 9.47 Å². The lowest BCUT2D eigenvalue weighted by Gasteiger charge is -2.42. The molecule has 4 rings (SSSR count). The molecule has 1 saturated heterocycles. The van der Waals surface area contributed by atoms with E-state index in [1.807, 2.05) is 0 Å². The minimum absolute atomic E-state index is 0.0542. The van der Waals surface area contributed by atoms with Crippen LogP contribution in [0.25, 0.3) is 0 Å². The average molecular weight is 500 g/mol. The number of hydrogen-bond acceptors (Lipinski definition) is 6. The van der Waals surface area contributed by atoms with Gasteiger partial charge >= 0.3 is 6.18 Å². The molecule has 6 nitrogen and oxygen atoms in total. The maximum Gasteiger partial charge on any atom is 0.397 e. The van der Waals surface area contributed by atoms with Crippen molar-refractivity contribution >= 4 is 0 Å². The third-order valence-corrected chi connectivity index (χ3v) is 7.04. The molecule has 2 aromatic rings. The molecule has 5 atom stereocenters. The Hall–Kier alpha value is -2.24. The van der Waals surface area contributed by atoms with Crippen molar-refractivity contribution in [3.8, 4) is 5.75 Å². The van der Waals surface area contributed by atoms with Crippen LogP contribution in [0.3, 0.4) is 0 Å².